The first-order chi connectivity index (χ1) is 40.5. The van der Waals surface area contributed by atoms with Crippen LogP contribution in [0.4, 0.5) is 44.6 Å². The van der Waals surface area contributed by atoms with Crippen LogP contribution in [0.15, 0.2) is 66.3 Å². The molecule has 1 unspecified atom stereocenters. The molecule has 4 aliphatic heterocycles. The van der Waals surface area contributed by atoms with Crippen molar-refractivity contribution >= 4 is 76.4 Å². The molecule has 0 spiro atoms. The summed E-state index contributed by atoms with van der Waals surface area (Å²) >= 11 is 6.79. The average molecular weight is 1230 g/mol. The molecule has 0 radical (unpaired) electrons. The minimum absolute atomic E-state index is 0.0110. The van der Waals surface area contributed by atoms with Crippen molar-refractivity contribution in [1.82, 2.24) is 26.2 Å². The van der Waals surface area contributed by atoms with Crippen LogP contribution in [0.2, 0.25) is 5.02 Å². The number of rotatable bonds is 21. The van der Waals surface area contributed by atoms with Crippen LogP contribution < -0.4 is 47.3 Å². The number of alkyl halides is 3. The first-order valence-corrected chi connectivity index (χ1v) is 28.5. The number of hydrogen-bond donors (Lipinski definition) is 9. The number of halogens is 4. The lowest BCUT2D eigenvalue weighted by molar-refractivity contribution is -0.142. The Balaban J connectivity index is 1.22. The number of nitrogens with two attached hydrogens (primary N) is 1. The van der Waals surface area contributed by atoms with Gasteiger partial charge in [-0.05, 0) is 100 Å². The van der Waals surface area contributed by atoms with Crippen molar-refractivity contribution in [2.75, 3.05) is 49.9 Å². The maximum atomic E-state index is 15.1. The van der Waals surface area contributed by atoms with E-state index in [9.17, 15) is 48.6 Å². The molecule has 28 heteroatoms. The largest absolute Gasteiger partial charge is 0.495 e. The summed E-state index contributed by atoms with van der Waals surface area (Å²) in [6.07, 6.45) is -4.33. The van der Waals surface area contributed by atoms with Crippen molar-refractivity contribution < 1.29 is 85.4 Å². The van der Waals surface area contributed by atoms with Gasteiger partial charge in [-0.3, -0.25) is 34.6 Å². The summed E-state index contributed by atoms with van der Waals surface area (Å²) in [5.41, 5.74) is 0.638. The lowest BCUT2D eigenvalue weighted by Gasteiger charge is -2.42. The molecule has 10 N–H and O–H groups in total. The first kappa shape index (κ1) is 67.7. The molecule has 4 heterocycles. The third-order valence-corrected chi connectivity index (χ3v) is 15.8. The van der Waals surface area contributed by atoms with E-state index in [-0.39, 0.29) is 67.6 Å². The lowest BCUT2D eigenvalue weighted by atomic mass is 9.83. The highest BCUT2D eigenvalue weighted by Crippen LogP contribution is 2.49. The zero-order valence-electron chi connectivity index (χ0n) is 49.1. The molecule has 6 rings (SSSR count). The van der Waals surface area contributed by atoms with Crippen molar-refractivity contribution in [2.45, 2.75) is 159 Å². The van der Waals surface area contributed by atoms with E-state index in [0.717, 1.165) is 17.7 Å². The zero-order chi connectivity index (χ0) is 63.4. The summed E-state index contributed by atoms with van der Waals surface area (Å²) in [6, 6.07) is 2.48. The van der Waals surface area contributed by atoms with E-state index in [1.54, 1.807) is 51.1 Å². The third-order valence-electron chi connectivity index (χ3n) is 15.5. The Hall–Kier alpha value is -7.46. The van der Waals surface area contributed by atoms with Crippen molar-refractivity contribution in [2.24, 2.45) is 17.6 Å². The fourth-order valence-corrected chi connectivity index (χ4v) is 10.9. The highest BCUT2D eigenvalue weighted by molar-refractivity contribution is 6.35. The average Bonchev–Trinajstić information content (AvgIpc) is 1.59. The van der Waals surface area contributed by atoms with Gasteiger partial charge in [-0.25, -0.2) is 14.4 Å². The number of ether oxygens (including phenoxy) is 5. The second kappa shape index (κ2) is 29.3. The van der Waals surface area contributed by atoms with Gasteiger partial charge in [0.1, 0.15) is 53.0 Å². The van der Waals surface area contributed by atoms with E-state index < -0.39 is 137 Å². The predicted molar refractivity (Wildman–Crippen MR) is 308 cm³/mol. The van der Waals surface area contributed by atoms with Crippen molar-refractivity contribution in [3.05, 3.63) is 82.4 Å². The van der Waals surface area contributed by atoms with Crippen LogP contribution in [-0.4, -0.2) is 151 Å². The Labute approximate surface area is 501 Å². The summed E-state index contributed by atoms with van der Waals surface area (Å²) in [4.78, 5) is 108. The number of alkyl carbamates (subject to hydrolysis) is 1. The highest BCUT2D eigenvalue weighted by Gasteiger charge is 2.64. The van der Waals surface area contributed by atoms with Crippen LogP contribution in [-0.2, 0) is 55.5 Å². The van der Waals surface area contributed by atoms with Crippen LogP contribution in [0.1, 0.15) is 104 Å². The fourth-order valence-electron chi connectivity index (χ4n) is 10.6. The number of aliphatic hydroxyl groups is 2. The first-order valence-electron chi connectivity index (χ1n) is 28.2. The molecule has 0 saturated carbocycles. The summed E-state index contributed by atoms with van der Waals surface area (Å²) in [7, 11) is 4.17. The van der Waals surface area contributed by atoms with Crippen LogP contribution in [0.25, 0.3) is 0 Å². The molecule has 86 heavy (non-hydrogen) atoms. The molecule has 24 nitrogen and oxygen atoms in total. The van der Waals surface area contributed by atoms with E-state index in [2.05, 4.69) is 31.9 Å². The SMILES string of the molecule is COc1cc2cc(c1Cl)N(C)C(=O)C[C@H](OC(=O)Nc1ccc(NC(=O)[C@H](CCCCNC(N)=O)NC(=O)[C@@H](NC(=O)CCCCCN3C(=O)C=CC3O)C(C)C)cc1C(F)(F)F)[C@]1(C)O[C@H]1[C@H](C)[C@@H]1C[C@@](O)(NC(=O)O1)[C@H](OC)/C=C/C=C(\C)C2. The molecule has 2 saturated heterocycles. The number of nitrogens with zero attached hydrogens (tertiary/aromatic N) is 2. The number of epoxide rings is 1. The second-order valence-electron chi connectivity index (χ2n) is 22.3. The molecule has 10 atom stereocenters. The number of amides is 9. The van der Waals surface area contributed by atoms with Gasteiger partial charge in [0.2, 0.25) is 29.5 Å². The number of carbonyl (C=O) groups excluding carboxylic acids is 8. The number of fused-ring (bicyclic) bond motifs is 5. The number of methoxy groups -OCH3 is 2. The molecule has 472 valence electrons. The number of primary amides is 1. The number of nitrogens with one attached hydrogen (secondary N) is 6. The van der Waals surface area contributed by atoms with Gasteiger partial charge < -0.3 is 70.7 Å². The van der Waals surface area contributed by atoms with Gasteiger partial charge in [-0.2, -0.15) is 13.2 Å². The quantitative estimate of drug-likeness (QED) is 0.0506. The van der Waals surface area contributed by atoms with Gasteiger partial charge in [-0.15, -0.1) is 0 Å². The van der Waals surface area contributed by atoms with Crippen LogP contribution in [0, 0.1) is 11.8 Å². The standard InChI is InChI=1S/C58H77ClF3N9O15/c1-31(2)49(68-44(72)18-10-9-13-24-71-45(73)21-22-46(71)74)52(77)66-38(16-11-12-23-64-53(63)78)51(76)65-35-19-20-37(36(28-35)58(60,61)62)67-54(79)85-43-29-47(75)70(6)39-26-34(27-40(82-7)48(39)59)25-32(3)15-14-17-42(83-8)57(81)30-41(84-55(80)69-57)33(4)50-56(43,5)86-50/h14-15,17,19-22,26-28,31,33,38,41-43,45,49-50,73,81H,9-13,16,18,23-25,29-30H2,1-8H3,(H,65,76)(H,66,77)(H,67,79)(H,68,72)(H,69,80)(H3,63,64,78)/b17-14+,32-15+/t33-,38+,41+,42-,43+,45?,49+,50+,56+,57+/m1/s1. The molecule has 2 fully saturated rings. The number of hydrogen-bond acceptors (Lipinski definition) is 15. The summed E-state index contributed by atoms with van der Waals surface area (Å²) in [6.45, 7) is 8.68. The summed E-state index contributed by atoms with van der Waals surface area (Å²) in [5, 5.41) is 36.6. The minimum Gasteiger partial charge on any atom is -0.495 e. The van der Waals surface area contributed by atoms with Crippen molar-refractivity contribution in [1.29, 1.82) is 0 Å². The number of unbranched alkanes of at least 4 members (excludes halogenated alkanes) is 3. The topological polar surface area (TPSA) is 331 Å². The molecule has 0 aliphatic carbocycles. The van der Waals surface area contributed by atoms with Crippen LogP contribution in [0.3, 0.4) is 0 Å². The number of carbonyl (C=O) groups is 8. The number of urea groups is 1. The molecule has 0 aromatic heterocycles. The normalized spacial score (nSPS) is 25.8. The summed E-state index contributed by atoms with van der Waals surface area (Å²) in [5.74, 6) is -4.24. The van der Waals surface area contributed by atoms with E-state index >= 15 is 13.2 Å². The van der Waals surface area contributed by atoms with Gasteiger partial charge in [0.05, 0.1) is 36.6 Å². The Morgan fingerprint density at radius 3 is 2.37 bits per heavy atom. The van der Waals surface area contributed by atoms with Gasteiger partial charge in [0.15, 0.2) is 5.72 Å². The molecule has 2 aromatic rings. The van der Waals surface area contributed by atoms with Gasteiger partial charge >= 0.3 is 24.4 Å². The van der Waals surface area contributed by atoms with E-state index in [0.29, 0.717) is 37.3 Å². The second-order valence-corrected chi connectivity index (χ2v) is 22.7. The molecule has 4 bridgehead atoms. The van der Waals surface area contributed by atoms with E-state index in [1.165, 1.54) is 50.1 Å². The fraction of sp³-hybridized carbons (Fsp3) is 0.552. The molecule has 4 aliphatic rings. The van der Waals surface area contributed by atoms with Gasteiger partial charge in [0, 0.05) is 57.8 Å². The Morgan fingerprint density at radius 2 is 1.72 bits per heavy atom. The molecular weight excluding hydrogens is 1160 g/mol. The van der Waals surface area contributed by atoms with Gasteiger partial charge in [0.25, 0.3) is 0 Å². The smallest absolute Gasteiger partial charge is 0.418 e. The number of allylic oxidation sites excluding steroid dienone is 3. The number of anilines is 3. The Kier molecular flexibility index (Phi) is 23.0. The highest BCUT2D eigenvalue weighted by atomic mass is 35.5. The van der Waals surface area contributed by atoms with E-state index in [1.807, 2.05) is 6.92 Å². The van der Waals surface area contributed by atoms with E-state index in [4.69, 9.17) is 41.0 Å². The lowest BCUT2D eigenvalue weighted by Crippen LogP contribution is -2.63. The molecular formula is C58H77ClF3N9O15. The zero-order valence-corrected chi connectivity index (χ0v) is 49.9. The van der Waals surface area contributed by atoms with Crippen molar-refractivity contribution in [3.63, 3.8) is 0 Å². The molecule has 2 aromatic carbocycles. The Bertz CT molecular complexity index is 2950. The minimum atomic E-state index is -5.18. The monoisotopic (exact) mass is 1230 g/mol. The number of benzene rings is 2. The van der Waals surface area contributed by atoms with Gasteiger partial charge in [-0.1, -0.05) is 62.6 Å². The van der Waals surface area contributed by atoms with Crippen LogP contribution >= 0.6 is 11.6 Å². The number of aliphatic hydroxyl groups excluding tert-OH is 1. The van der Waals surface area contributed by atoms with Crippen LogP contribution in [0.5, 0.6) is 5.75 Å². The van der Waals surface area contributed by atoms with Crippen molar-refractivity contribution in [3.8, 4) is 5.75 Å². The summed E-state index contributed by atoms with van der Waals surface area (Å²) < 4.78 is 74.1. The molecule has 9 amide bonds. The predicted octanol–water partition coefficient (Wildman–Crippen LogP) is 6.07. The maximum Gasteiger partial charge on any atom is 0.418 e. The maximum absolute atomic E-state index is 15.1. The third kappa shape index (κ3) is 17.6. The Morgan fingerprint density at radius 1 is 0.988 bits per heavy atom.